The van der Waals surface area contributed by atoms with Crippen LogP contribution in [0.2, 0.25) is 0 Å². The van der Waals surface area contributed by atoms with Crippen molar-refractivity contribution >= 4 is 45.5 Å². The molecule has 3 heterocycles. The molecule has 0 aromatic carbocycles. The Balaban J connectivity index is 1.35. The molecule has 0 aliphatic heterocycles. The van der Waals surface area contributed by atoms with Gasteiger partial charge < -0.3 is 4.57 Å². The van der Waals surface area contributed by atoms with Crippen molar-refractivity contribution in [1.82, 2.24) is 25.0 Å². The number of thioether (sulfide) groups is 1. The van der Waals surface area contributed by atoms with Crippen LogP contribution in [0.15, 0.2) is 16.6 Å². The van der Waals surface area contributed by atoms with E-state index in [0.29, 0.717) is 11.0 Å². The monoisotopic (exact) mass is 462 g/mol. The number of amides is 1. The van der Waals surface area contributed by atoms with Crippen LogP contribution in [0.4, 0.5) is 5.13 Å². The molecule has 0 saturated heterocycles. The highest BCUT2D eigenvalue weighted by Crippen LogP contribution is 2.35. The summed E-state index contributed by atoms with van der Waals surface area (Å²) in [5.41, 5.74) is 1.09. The summed E-state index contributed by atoms with van der Waals surface area (Å²) < 4.78 is 2.06. The molecule has 0 bridgehead atoms. The molecule has 1 fully saturated rings. The molecule has 1 saturated carbocycles. The summed E-state index contributed by atoms with van der Waals surface area (Å²) in [6, 6.07) is 2.17. The molecule has 1 amide bonds. The number of nitrogens with zero attached hydrogens (tertiary/aromatic N) is 5. The third-order valence-electron chi connectivity index (χ3n) is 5.27. The van der Waals surface area contributed by atoms with E-state index in [4.69, 9.17) is 0 Å². The summed E-state index contributed by atoms with van der Waals surface area (Å²) in [4.78, 5) is 13.8. The van der Waals surface area contributed by atoms with Gasteiger partial charge in [0.25, 0.3) is 0 Å². The van der Waals surface area contributed by atoms with Gasteiger partial charge in [0.15, 0.2) is 11.0 Å². The van der Waals surface area contributed by atoms with E-state index in [1.807, 2.05) is 0 Å². The van der Waals surface area contributed by atoms with Crippen molar-refractivity contribution in [3.8, 4) is 11.4 Å². The van der Waals surface area contributed by atoms with E-state index in [-0.39, 0.29) is 11.7 Å². The minimum Gasteiger partial charge on any atom is -0.302 e. The fourth-order valence-electron chi connectivity index (χ4n) is 3.66. The second-order valence-electron chi connectivity index (χ2n) is 7.32. The largest absolute Gasteiger partial charge is 0.302 e. The number of aryl methyl sites for hydroxylation is 1. The van der Waals surface area contributed by atoms with Gasteiger partial charge in [-0.2, -0.15) is 0 Å². The lowest BCUT2D eigenvalue weighted by Gasteiger charge is -2.18. The van der Waals surface area contributed by atoms with E-state index in [9.17, 15) is 4.79 Å². The number of thiophene rings is 1. The summed E-state index contributed by atoms with van der Waals surface area (Å²) >= 11 is 4.65. The summed E-state index contributed by atoms with van der Waals surface area (Å²) in [5.74, 6) is 1.53. The van der Waals surface area contributed by atoms with Crippen LogP contribution in [0.1, 0.15) is 61.8 Å². The van der Waals surface area contributed by atoms with E-state index >= 15 is 0 Å². The highest BCUT2D eigenvalue weighted by molar-refractivity contribution is 7.99. The lowest BCUT2D eigenvalue weighted by Crippen LogP contribution is -2.14. The molecule has 1 N–H and O–H groups in total. The van der Waals surface area contributed by atoms with Crippen molar-refractivity contribution in [3.05, 3.63) is 21.3 Å². The second kappa shape index (κ2) is 10.0. The van der Waals surface area contributed by atoms with Crippen molar-refractivity contribution in [2.45, 2.75) is 70.0 Å². The Morgan fingerprint density at radius 1 is 1.20 bits per heavy atom. The summed E-state index contributed by atoms with van der Waals surface area (Å²) in [7, 11) is 0. The molecular weight excluding hydrogens is 436 g/mol. The molecule has 4 rings (SSSR count). The maximum Gasteiger partial charge on any atom is 0.236 e. The molecule has 1 aliphatic carbocycles. The standard InChI is InChI=1S/C20H26N6OS3/c1-3-15-10-14(11-28-15)17-22-25-20(26(17)4-2)29-12-16(27)21-19-24-23-18(30-19)13-8-6-5-7-9-13/h10-11,13H,3-9,12H2,1-2H3,(H,21,24,27). The second-order valence-corrected chi connectivity index (χ2v) is 10.3. The van der Waals surface area contributed by atoms with Crippen LogP contribution >= 0.6 is 34.4 Å². The maximum absolute atomic E-state index is 12.4. The van der Waals surface area contributed by atoms with Crippen LogP contribution in [0, 0.1) is 0 Å². The first-order valence-corrected chi connectivity index (χ1v) is 13.1. The van der Waals surface area contributed by atoms with Gasteiger partial charge in [0.1, 0.15) is 5.01 Å². The number of anilines is 1. The zero-order valence-corrected chi connectivity index (χ0v) is 19.7. The molecular formula is C20H26N6OS3. The zero-order chi connectivity index (χ0) is 20.9. The Kier molecular flexibility index (Phi) is 7.16. The molecule has 0 spiro atoms. The van der Waals surface area contributed by atoms with Gasteiger partial charge in [0, 0.05) is 28.3 Å². The number of aromatic nitrogens is 5. The van der Waals surface area contributed by atoms with Crippen molar-refractivity contribution < 1.29 is 4.79 Å². The Morgan fingerprint density at radius 3 is 2.77 bits per heavy atom. The lowest BCUT2D eigenvalue weighted by atomic mass is 9.90. The normalized spacial score (nSPS) is 14.9. The van der Waals surface area contributed by atoms with Crippen LogP contribution in [-0.4, -0.2) is 36.6 Å². The molecule has 10 heteroatoms. The van der Waals surface area contributed by atoms with Crippen LogP contribution in [-0.2, 0) is 17.8 Å². The number of nitrogens with one attached hydrogen (secondary N) is 1. The van der Waals surface area contributed by atoms with Crippen LogP contribution in [0.3, 0.4) is 0 Å². The average Bonchev–Trinajstić information content (AvgIpc) is 3.51. The first-order valence-electron chi connectivity index (χ1n) is 10.4. The van der Waals surface area contributed by atoms with Crippen LogP contribution in [0.5, 0.6) is 0 Å². The number of carbonyl (C=O) groups excluding carboxylic acids is 1. The van der Waals surface area contributed by atoms with Crippen molar-refractivity contribution in [3.63, 3.8) is 0 Å². The van der Waals surface area contributed by atoms with Gasteiger partial charge in [-0.15, -0.1) is 31.7 Å². The Morgan fingerprint density at radius 2 is 2.03 bits per heavy atom. The van der Waals surface area contributed by atoms with Crippen molar-refractivity contribution in [2.75, 3.05) is 11.1 Å². The highest BCUT2D eigenvalue weighted by atomic mass is 32.2. The molecule has 0 radical (unpaired) electrons. The SMILES string of the molecule is CCc1cc(-c2nnc(SCC(=O)Nc3nnc(C4CCCCC4)s3)n2CC)cs1. The van der Waals surface area contributed by atoms with Crippen LogP contribution < -0.4 is 5.32 Å². The maximum atomic E-state index is 12.4. The third kappa shape index (κ3) is 4.92. The predicted octanol–water partition coefficient (Wildman–Crippen LogP) is 5.22. The van der Waals surface area contributed by atoms with E-state index < -0.39 is 0 Å². The van der Waals surface area contributed by atoms with Gasteiger partial charge in [0.2, 0.25) is 11.0 Å². The number of rotatable bonds is 8. The quantitative estimate of drug-likeness (QED) is 0.462. The predicted molar refractivity (Wildman–Crippen MR) is 123 cm³/mol. The zero-order valence-electron chi connectivity index (χ0n) is 17.3. The molecule has 0 atom stereocenters. The van der Waals surface area contributed by atoms with Crippen molar-refractivity contribution in [2.24, 2.45) is 0 Å². The molecule has 0 unspecified atom stereocenters. The minimum absolute atomic E-state index is 0.0950. The molecule has 1 aliphatic rings. The number of hydrogen-bond acceptors (Lipinski definition) is 8. The molecule has 7 nitrogen and oxygen atoms in total. The molecule has 30 heavy (non-hydrogen) atoms. The third-order valence-corrected chi connectivity index (χ3v) is 8.32. The van der Waals surface area contributed by atoms with E-state index in [0.717, 1.165) is 34.5 Å². The van der Waals surface area contributed by atoms with Gasteiger partial charge >= 0.3 is 0 Å². The fourth-order valence-corrected chi connectivity index (χ4v) is 6.21. The topological polar surface area (TPSA) is 85.6 Å². The fraction of sp³-hybridized carbons (Fsp3) is 0.550. The summed E-state index contributed by atoms with van der Waals surface area (Å²) in [6.07, 6.45) is 7.20. The number of carbonyl (C=O) groups is 1. The van der Waals surface area contributed by atoms with Gasteiger partial charge in [0.05, 0.1) is 5.75 Å². The molecule has 3 aromatic rings. The van der Waals surface area contributed by atoms with Crippen molar-refractivity contribution in [1.29, 1.82) is 0 Å². The Labute approximate surface area is 188 Å². The molecule has 3 aromatic heterocycles. The first-order chi connectivity index (χ1) is 14.7. The molecule has 160 valence electrons. The van der Waals surface area contributed by atoms with Gasteiger partial charge in [-0.1, -0.05) is 49.3 Å². The van der Waals surface area contributed by atoms with Gasteiger partial charge in [-0.25, -0.2) is 0 Å². The lowest BCUT2D eigenvalue weighted by molar-refractivity contribution is -0.113. The van der Waals surface area contributed by atoms with Crippen LogP contribution in [0.25, 0.3) is 11.4 Å². The summed E-state index contributed by atoms with van der Waals surface area (Å²) in [6.45, 7) is 4.97. The van der Waals surface area contributed by atoms with E-state index in [1.54, 1.807) is 11.3 Å². The minimum atomic E-state index is -0.0950. The van der Waals surface area contributed by atoms with E-state index in [2.05, 4.69) is 55.6 Å². The van der Waals surface area contributed by atoms with Gasteiger partial charge in [-0.05, 0) is 32.3 Å². The average molecular weight is 463 g/mol. The Hall–Kier alpha value is -1.78. The highest BCUT2D eigenvalue weighted by Gasteiger charge is 2.21. The Bertz CT molecular complexity index is 989. The number of hydrogen-bond donors (Lipinski definition) is 1. The van der Waals surface area contributed by atoms with E-state index in [1.165, 1.54) is 60.1 Å². The van der Waals surface area contributed by atoms with Gasteiger partial charge in [-0.3, -0.25) is 10.1 Å². The first kappa shape index (κ1) is 21.5. The summed E-state index contributed by atoms with van der Waals surface area (Å²) in [5, 5.41) is 24.6. The smallest absolute Gasteiger partial charge is 0.236 e.